The Kier molecular flexibility index (Phi) is 5.36. The number of hydrogen-bond donors (Lipinski definition) is 1. The first-order chi connectivity index (χ1) is 8.06. The second kappa shape index (κ2) is 6.55. The van der Waals surface area contributed by atoms with Crippen LogP contribution in [0.1, 0.15) is 42.9 Å². The van der Waals surface area contributed by atoms with Crippen LogP contribution in [0.25, 0.3) is 0 Å². The highest BCUT2D eigenvalue weighted by molar-refractivity contribution is 5.86. The minimum atomic E-state index is -0.297. The molecule has 2 nitrogen and oxygen atoms in total. The van der Waals surface area contributed by atoms with Gasteiger partial charge in [-0.05, 0) is 37.0 Å². The number of carbonyl (C=O) groups is 1. The molecule has 94 valence electrons. The molecule has 0 spiro atoms. The van der Waals surface area contributed by atoms with Gasteiger partial charge in [0.25, 0.3) is 0 Å². The van der Waals surface area contributed by atoms with E-state index in [0.717, 1.165) is 24.8 Å². The van der Waals surface area contributed by atoms with Crippen LogP contribution < -0.4 is 5.73 Å². The number of ketones is 1. The molecule has 2 heteroatoms. The molecule has 1 atom stereocenters. The average molecular weight is 233 g/mol. The number of aryl methyl sites for hydroxylation is 2. The Morgan fingerprint density at radius 3 is 2.41 bits per heavy atom. The van der Waals surface area contributed by atoms with E-state index in [1.54, 1.807) is 0 Å². The average Bonchev–Trinajstić information content (AvgIpc) is 2.30. The summed E-state index contributed by atoms with van der Waals surface area (Å²) in [5.41, 5.74) is 9.41. The number of carbonyl (C=O) groups excluding carboxylic acids is 1. The van der Waals surface area contributed by atoms with E-state index < -0.39 is 0 Å². The molecule has 0 aliphatic rings. The SMILES string of the molecule is CCCCC(N)C(=O)Cc1c(C)cccc1C. The van der Waals surface area contributed by atoms with Gasteiger partial charge in [-0.3, -0.25) is 4.79 Å². The standard InChI is InChI=1S/C15H23NO/c1-4-5-9-14(16)15(17)10-13-11(2)7-6-8-12(13)3/h6-8,14H,4-5,9-10,16H2,1-3H3. The molecule has 0 aliphatic heterocycles. The van der Waals surface area contributed by atoms with Crippen LogP contribution in [0.5, 0.6) is 0 Å². The Labute approximate surface area is 104 Å². The molecule has 0 saturated heterocycles. The van der Waals surface area contributed by atoms with Crippen LogP contribution >= 0.6 is 0 Å². The van der Waals surface area contributed by atoms with E-state index in [2.05, 4.69) is 6.92 Å². The molecule has 0 aromatic heterocycles. The van der Waals surface area contributed by atoms with Crippen molar-refractivity contribution in [1.29, 1.82) is 0 Å². The predicted molar refractivity (Wildman–Crippen MR) is 72.1 cm³/mol. The third-order valence-corrected chi connectivity index (χ3v) is 3.28. The maximum atomic E-state index is 12.0. The van der Waals surface area contributed by atoms with Gasteiger partial charge in [0.2, 0.25) is 0 Å². The number of Topliss-reactive ketones (excluding diaryl/α,β-unsaturated/α-hetero) is 1. The van der Waals surface area contributed by atoms with E-state index in [9.17, 15) is 4.79 Å². The summed E-state index contributed by atoms with van der Waals surface area (Å²) in [6, 6.07) is 5.82. The summed E-state index contributed by atoms with van der Waals surface area (Å²) in [4.78, 5) is 12.0. The van der Waals surface area contributed by atoms with Crippen molar-refractivity contribution in [2.45, 2.75) is 52.5 Å². The highest BCUT2D eigenvalue weighted by Crippen LogP contribution is 2.15. The number of hydrogen-bond acceptors (Lipinski definition) is 2. The fourth-order valence-corrected chi connectivity index (χ4v) is 2.02. The summed E-state index contributed by atoms with van der Waals surface area (Å²) >= 11 is 0. The third kappa shape index (κ3) is 3.97. The van der Waals surface area contributed by atoms with Crippen LogP contribution in [0, 0.1) is 13.8 Å². The van der Waals surface area contributed by atoms with Crippen LogP contribution in [0.3, 0.4) is 0 Å². The molecule has 0 amide bonds. The Morgan fingerprint density at radius 1 is 1.29 bits per heavy atom. The van der Waals surface area contributed by atoms with Crippen molar-refractivity contribution in [1.82, 2.24) is 0 Å². The predicted octanol–water partition coefficient (Wildman–Crippen LogP) is 2.93. The van der Waals surface area contributed by atoms with Gasteiger partial charge in [-0.25, -0.2) is 0 Å². The van der Waals surface area contributed by atoms with Gasteiger partial charge in [-0.1, -0.05) is 38.0 Å². The number of benzene rings is 1. The second-order valence-electron chi connectivity index (χ2n) is 4.76. The summed E-state index contributed by atoms with van der Waals surface area (Å²) in [6.07, 6.45) is 3.40. The molecule has 0 bridgehead atoms. The van der Waals surface area contributed by atoms with Crippen molar-refractivity contribution in [2.75, 3.05) is 0 Å². The number of nitrogens with two attached hydrogens (primary N) is 1. The molecule has 1 aromatic rings. The molecule has 0 heterocycles. The zero-order valence-electron chi connectivity index (χ0n) is 11.1. The van der Waals surface area contributed by atoms with Gasteiger partial charge in [0.1, 0.15) is 0 Å². The van der Waals surface area contributed by atoms with Crippen LogP contribution in [0.2, 0.25) is 0 Å². The Hall–Kier alpha value is -1.15. The fraction of sp³-hybridized carbons (Fsp3) is 0.533. The largest absolute Gasteiger partial charge is 0.321 e. The molecule has 1 aromatic carbocycles. The molecule has 0 saturated carbocycles. The zero-order valence-corrected chi connectivity index (χ0v) is 11.1. The maximum absolute atomic E-state index is 12.0. The molecule has 2 N–H and O–H groups in total. The lowest BCUT2D eigenvalue weighted by Crippen LogP contribution is -2.32. The van der Waals surface area contributed by atoms with E-state index in [1.165, 1.54) is 11.1 Å². The lowest BCUT2D eigenvalue weighted by Gasteiger charge is -2.13. The van der Waals surface area contributed by atoms with Gasteiger partial charge in [0, 0.05) is 6.42 Å². The van der Waals surface area contributed by atoms with Crippen molar-refractivity contribution in [3.05, 3.63) is 34.9 Å². The summed E-state index contributed by atoms with van der Waals surface area (Å²) in [5.74, 6) is 0.163. The first-order valence-corrected chi connectivity index (χ1v) is 6.39. The van der Waals surface area contributed by atoms with E-state index in [0.29, 0.717) is 6.42 Å². The van der Waals surface area contributed by atoms with Gasteiger partial charge in [0.05, 0.1) is 6.04 Å². The van der Waals surface area contributed by atoms with E-state index in [4.69, 9.17) is 5.73 Å². The van der Waals surface area contributed by atoms with Crippen molar-refractivity contribution in [3.8, 4) is 0 Å². The van der Waals surface area contributed by atoms with Crippen LogP contribution in [0.15, 0.2) is 18.2 Å². The van der Waals surface area contributed by atoms with E-state index >= 15 is 0 Å². The third-order valence-electron chi connectivity index (χ3n) is 3.28. The smallest absolute Gasteiger partial charge is 0.153 e. The normalized spacial score (nSPS) is 12.5. The molecule has 17 heavy (non-hydrogen) atoms. The molecular weight excluding hydrogens is 210 g/mol. The topological polar surface area (TPSA) is 43.1 Å². The lowest BCUT2D eigenvalue weighted by atomic mass is 9.94. The van der Waals surface area contributed by atoms with Crippen LogP contribution in [-0.4, -0.2) is 11.8 Å². The highest BCUT2D eigenvalue weighted by atomic mass is 16.1. The first kappa shape index (κ1) is 13.9. The summed E-state index contributed by atoms with van der Waals surface area (Å²) < 4.78 is 0. The van der Waals surface area contributed by atoms with Crippen LogP contribution in [0.4, 0.5) is 0 Å². The highest BCUT2D eigenvalue weighted by Gasteiger charge is 2.15. The quantitative estimate of drug-likeness (QED) is 0.821. The zero-order chi connectivity index (χ0) is 12.8. The monoisotopic (exact) mass is 233 g/mol. The molecule has 1 rings (SSSR count). The van der Waals surface area contributed by atoms with E-state index in [1.807, 2.05) is 32.0 Å². The molecular formula is C15H23NO. The minimum absolute atomic E-state index is 0.163. The molecule has 1 unspecified atom stereocenters. The van der Waals surface area contributed by atoms with Crippen molar-refractivity contribution < 1.29 is 4.79 Å². The first-order valence-electron chi connectivity index (χ1n) is 6.39. The molecule has 0 aliphatic carbocycles. The lowest BCUT2D eigenvalue weighted by molar-refractivity contribution is -0.119. The Bertz CT molecular complexity index is 364. The van der Waals surface area contributed by atoms with Crippen molar-refractivity contribution in [3.63, 3.8) is 0 Å². The molecule has 0 radical (unpaired) electrons. The maximum Gasteiger partial charge on any atom is 0.153 e. The molecule has 0 fully saturated rings. The Morgan fingerprint density at radius 2 is 1.88 bits per heavy atom. The van der Waals surface area contributed by atoms with Gasteiger partial charge in [0.15, 0.2) is 5.78 Å². The van der Waals surface area contributed by atoms with Gasteiger partial charge >= 0.3 is 0 Å². The van der Waals surface area contributed by atoms with Gasteiger partial charge < -0.3 is 5.73 Å². The van der Waals surface area contributed by atoms with Crippen molar-refractivity contribution >= 4 is 5.78 Å². The second-order valence-corrected chi connectivity index (χ2v) is 4.76. The van der Waals surface area contributed by atoms with Crippen LogP contribution in [-0.2, 0) is 11.2 Å². The van der Waals surface area contributed by atoms with Gasteiger partial charge in [-0.15, -0.1) is 0 Å². The van der Waals surface area contributed by atoms with Gasteiger partial charge in [-0.2, -0.15) is 0 Å². The number of unbranched alkanes of at least 4 members (excludes halogenated alkanes) is 1. The van der Waals surface area contributed by atoms with E-state index in [-0.39, 0.29) is 11.8 Å². The summed E-state index contributed by atoms with van der Waals surface area (Å²) in [6.45, 7) is 6.21. The fourth-order valence-electron chi connectivity index (χ4n) is 2.02. The Balaban J connectivity index is 2.68. The van der Waals surface area contributed by atoms with Crippen molar-refractivity contribution in [2.24, 2.45) is 5.73 Å². The summed E-state index contributed by atoms with van der Waals surface area (Å²) in [5, 5.41) is 0. The summed E-state index contributed by atoms with van der Waals surface area (Å²) in [7, 11) is 0. The minimum Gasteiger partial charge on any atom is -0.321 e. The number of rotatable bonds is 6.